The van der Waals surface area contributed by atoms with Crippen LogP contribution in [0, 0.1) is 11.3 Å². The van der Waals surface area contributed by atoms with Crippen molar-refractivity contribution in [3.63, 3.8) is 0 Å². The second-order valence-corrected chi connectivity index (χ2v) is 6.28. The van der Waals surface area contributed by atoms with Gasteiger partial charge in [0.15, 0.2) is 0 Å². The summed E-state index contributed by atoms with van der Waals surface area (Å²) in [5.74, 6) is 0. The van der Waals surface area contributed by atoms with Crippen LogP contribution in [0.15, 0.2) is 47.4 Å². The van der Waals surface area contributed by atoms with Crippen LogP contribution in [0.3, 0.4) is 0 Å². The number of sulfonamides is 1. The Bertz CT molecular complexity index is 798. The van der Waals surface area contributed by atoms with E-state index >= 15 is 0 Å². The Hall–Kier alpha value is -1.74. The lowest BCUT2D eigenvalue weighted by molar-refractivity contribution is 0.601. The standard InChI is InChI=1S/C13H8Cl2N2O2S/c14-10-5-3-6-12(9(10)8-16)17-20(18,19)13-7-2-1-4-11(13)15/h1-7,17H. The third-order valence-corrected chi connectivity index (χ3v) is 4.68. The summed E-state index contributed by atoms with van der Waals surface area (Å²) in [7, 11) is -3.89. The van der Waals surface area contributed by atoms with Crippen LogP contribution in [0.4, 0.5) is 5.69 Å². The van der Waals surface area contributed by atoms with Gasteiger partial charge in [0.25, 0.3) is 10.0 Å². The van der Waals surface area contributed by atoms with Gasteiger partial charge >= 0.3 is 0 Å². The highest BCUT2D eigenvalue weighted by molar-refractivity contribution is 7.92. The number of anilines is 1. The summed E-state index contributed by atoms with van der Waals surface area (Å²) in [6.07, 6.45) is 0. The lowest BCUT2D eigenvalue weighted by Crippen LogP contribution is -2.14. The van der Waals surface area contributed by atoms with Crippen LogP contribution >= 0.6 is 23.2 Å². The summed E-state index contributed by atoms with van der Waals surface area (Å²) in [6.45, 7) is 0. The second-order valence-electron chi connectivity index (χ2n) is 3.81. The molecule has 0 aliphatic heterocycles. The first-order valence-corrected chi connectivity index (χ1v) is 7.65. The van der Waals surface area contributed by atoms with Gasteiger partial charge in [-0.2, -0.15) is 5.26 Å². The van der Waals surface area contributed by atoms with Crippen molar-refractivity contribution in [3.05, 3.63) is 58.1 Å². The average Bonchev–Trinajstić information content (AvgIpc) is 2.39. The van der Waals surface area contributed by atoms with Crippen LogP contribution in [0.2, 0.25) is 10.0 Å². The van der Waals surface area contributed by atoms with Crippen LogP contribution < -0.4 is 4.72 Å². The Morgan fingerprint density at radius 1 is 1.00 bits per heavy atom. The molecule has 102 valence electrons. The number of nitrogens with one attached hydrogen (secondary N) is 1. The van der Waals surface area contributed by atoms with E-state index in [0.29, 0.717) is 0 Å². The molecule has 0 aliphatic carbocycles. The van der Waals surface area contributed by atoms with Gasteiger partial charge in [-0.05, 0) is 24.3 Å². The third kappa shape index (κ3) is 2.88. The fourth-order valence-electron chi connectivity index (χ4n) is 1.59. The van der Waals surface area contributed by atoms with Gasteiger partial charge in [0.1, 0.15) is 11.0 Å². The Morgan fingerprint density at radius 2 is 1.65 bits per heavy atom. The predicted octanol–water partition coefficient (Wildman–Crippen LogP) is 3.67. The van der Waals surface area contributed by atoms with E-state index in [4.69, 9.17) is 28.5 Å². The van der Waals surface area contributed by atoms with Gasteiger partial charge in [-0.15, -0.1) is 0 Å². The van der Waals surface area contributed by atoms with Gasteiger partial charge in [-0.25, -0.2) is 8.42 Å². The van der Waals surface area contributed by atoms with Gasteiger partial charge in [0.05, 0.1) is 21.3 Å². The van der Waals surface area contributed by atoms with Crippen molar-refractivity contribution in [2.75, 3.05) is 4.72 Å². The molecular formula is C13H8Cl2N2O2S. The summed E-state index contributed by atoms with van der Waals surface area (Å²) in [6, 6.07) is 12.4. The number of nitrogens with zero attached hydrogens (tertiary/aromatic N) is 1. The number of rotatable bonds is 3. The molecule has 0 unspecified atom stereocenters. The monoisotopic (exact) mass is 326 g/mol. The van der Waals surface area contributed by atoms with Crippen molar-refractivity contribution in [2.45, 2.75) is 4.90 Å². The number of hydrogen-bond donors (Lipinski definition) is 1. The Kier molecular flexibility index (Phi) is 4.19. The van der Waals surface area contributed by atoms with Crippen molar-refractivity contribution in [1.82, 2.24) is 0 Å². The van der Waals surface area contributed by atoms with Crippen LogP contribution in [-0.4, -0.2) is 8.42 Å². The summed E-state index contributed by atoms with van der Waals surface area (Å²) in [5.41, 5.74) is 0.171. The molecule has 0 aromatic heterocycles. The number of halogens is 2. The average molecular weight is 327 g/mol. The lowest BCUT2D eigenvalue weighted by atomic mass is 10.2. The molecule has 0 saturated heterocycles. The van der Waals surface area contributed by atoms with Gasteiger partial charge in [0, 0.05) is 0 Å². The highest BCUT2D eigenvalue weighted by Gasteiger charge is 2.19. The van der Waals surface area contributed by atoms with Crippen molar-refractivity contribution < 1.29 is 8.42 Å². The molecule has 0 fully saturated rings. The zero-order chi connectivity index (χ0) is 14.8. The molecule has 0 bridgehead atoms. The fourth-order valence-corrected chi connectivity index (χ4v) is 3.39. The molecule has 2 rings (SSSR count). The third-order valence-electron chi connectivity index (χ3n) is 2.50. The van der Waals surface area contributed by atoms with Crippen LogP contribution in [0.5, 0.6) is 0 Å². The van der Waals surface area contributed by atoms with E-state index in [-0.39, 0.29) is 26.2 Å². The number of nitriles is 1. The minimum atomic E-state index is -3.89. The molecule has 0 aliphatic rings. The summed E-state index contributed by atoms with van der Waals surface area (Å²) in [5, 5.41) is 9.30. The SMILES string of the molecule is N#Cc1c(Cl)cccc1NS(=O)(=O)c1ccccc1Cl. The fraction of sp³-hybridized carbons (Fsp3) is 0. The maximum Gasteiger partial charge on any atom is 0.263 e. The molecule has 2 aromatic rings. The normalized spacial score (nSPS) is 10.8. The van der Waals surface area contributed by atoms with E-state index in [1.807, 2.05) is 6.07 Å². The van der Waals surface area contributed by atoms with Gasteiger partial charge in [-0.3, -0.25) is 4.72 Å². The maximum atomic E-state index is 12.3. The zero-order valence-corrected chi connectivity index (χ0v) is 12.3. The summed E-state index contributed by atoms with van der Waals surface area (Å²) in [4.78, 5) is -0.0643. The highest BCUT2D eigenvalue weighted by Crippen LogP contribution is 2.27. The quantitative estimate of drug-likeness (QED) is 0.935. The van der Waals surface area contributed by atoms with Crippen molar-refractivity contribution >= 4 is 38.9 Å². The first-order chi connectivity index (χ1) is 9.45. The zero-order valence-electron chi connectivity index (χ0n) is 9.97. The minimum Gasteiger partial charge on any atom is -0.278 e. The Labute approximate surface area is 126 Å². The lowest BCUT2D eigenvalue weighted by Gasteiger charge is -2.11. The van der Waals surface area contributed by atoms with Crippen LogP contribution in [0.25, 0.3) is 0 Å². The first-order valence-electron chi connectivity index (χ1n) is 5.41. The molecular weight excluding hydrogens is 319 g/mol. The van der Waals surface area contributed by atoms with Crippen molar-refractivity contribution in [2.24, 2.45) is 0 Å². The molecule has 4 nitrogen and oxygen atoms in total. The minimum absolute atomic E-state index is 0.0600. The van der Waals surface area contributed by atoms with Gasteiger partial charge in [0.2, 0.25) is 0 Å². The molecule has 2 aromatic carbocycles. The molecule has 7 heteroatoms. The molecule has 0 atom stereocenters. The number of benzene rings is 2. The van der Waals surface area contributed by atoms with E-state index < -0.39 is 10.0 Å². The first kappa shape index (κ1) is 14.7. The molecule has 0 spiro atoms. The number of hydrogen-bond acceptors (Lipinski definition) is 3. The second kappa shape index (κ2) is 5.71. The van der Waals surface area contributed by atoms with Gasteiger partial charge < -0.3 is 0 Å². The van der Waals surface area contributed by atoms with Crippen LogP contribution in [0.1, 0.15) is 5.56 Å². The van der Waals surface area contributed by atoms with E-state index in [1.54, 1.807) is 18.2 Å². The van der Waals surface area contributed by atoms with Crippen molar-refractivity contribution in [1.29, 1.82) is 5.26 Å². The molecule has 0 saturated carbocycles. The van der Waals surface area contributed by atoms with E-state index in [9.17, 15) is 8.42 Å². The van der Waals surface area contributed by atoms with Gasteiger partial charge in [-0.1, -0.05) is 41.4 Å². The molecule has 0 amide bonds. The summed E-state index contributed by atoms with van der Waals surface area (Å²) >= 11 is 11.7. The maximum absolute atomic E-state index is 12.3. The van der Waals surface area contributed by atoms with E-state index in [1.165, 1.54) is 24.3 Å². The largest absolute Gasteiger partial charge is 0.278 e. The smallest absolute Gasteiger partial charge is 0.263 e. The predicted molar refractivity (Wildman–Crippen MR) is 78.4 cm³/mol. The van der Waals surface area contributed by atoms with Crippen molar-refractivity contribution in [3.8, 4) is 6.07 Å². The Balaban J connectivity index is 2.48. The Morgan fingerprint density at radius 3 is 2.30 bits per heavy atom. The van der Waals surface area contributed by atoms with E-state index in [0.717, 1.165) is 0 Å². The van der Waals surface area contributed by atoms with E-state index in [2.05, 4.69) is 4.72 Å². The topological polar surface area (TPSA) is 70.0 Å². The molecule has 0 radical (unpaired) electrons. The van der Waals surface area contributed by atoms with Crippen LogP contribution in [-0.2, 0) is 10.0 Å². The molecule has 20 heavy (non-hydrogen) atoms. The summed E-state index contributed by atoms with van der Waals surface area (Å²) < 4.78 is 26.8. The highest BCUT2D eigenvalue weighted by atomic mass is 35.5. The molecule has 1 N–H and O–H groups in total. The molecule has 0 heterocycles.